The molecule has 0 spiro atoms. The van der Waals surface area contributed by atoms with Gasteiger partial charge in [-0.2, -0.15) is 0 Å². The van der Waals surface area contributed by atoms with E-state index in [9.17, 15) is 0 Å². The fourth-order valence-corrected chi connectivity index (χ4v) is 1.01. The van der Waals surface area contributed by atoms with Crippen LogP contribution in [0.15, 0.2) is 18.3 Å². The Morgan fingerprint density at radius 2 is 2.38 bits per heavy atom. The van der Waals surface area contributed by atoms with E-state index in [-0.39, 0.29) is 0 Å². The van der Waals surface area contributed by atoms with E-state index in [2.05, 4.69) is 16.4 Å². The molecule has 0 saturated heterocycles. The van der Waals surface area contributed by atoms with Gasteiger partial charge >= 0.3 is 0 Å². The van der Waals surface area contributed by atoms with Crippen molar-refractivity contribution in [2.45, 2.75) is 6.54 Å². The number of aromatic nitrogens is 1. The van der Waals surface area contributed by atoms with Gasteiger partial charge in [-0.3, -0.25) is 4.98 Å². The SMILES string of the molecule is Bc1ccc(CNCCOC)cn1. The van der Waals surface area contributed by atoms with Gasteiger partial charge in [0.25, 0.3) is 0 Å². The van der Waals surface area contributed by atoms with E-state index in [1.165, 1.54) is 5.56 Å². The van der Waals surface area contributed by atoms with Gasteiger partial charge in [0.05, 0.1) is 6.61 Å². The molecular weight excluding hydrogens is 163 g/mol. The molecule has 1 aromatic rings. The van der Waals surface area contributed by atoms with Gasteiger partial charge in [0.2, 0.25) is 0 Å². The molecule has 0 atom stereocenters. The van der Waals surface area contributed by atoms with Crippen molar-refractivity contribution >= 4 is 13.4 Å². The minimum Gasteiger partial charge on any atom is -0.383 e. The van der Waals surface area contributed by atoms with Gasteiger partial charge in [0.1, 0.15) is 0 Å². The second-order valence-corrected chi connectivity index (χ2v) is 2.98. The molecule has 0 saturated carbocycles. The quantitative estimate of drug-likeness (QED) is 0.467. The highest BCUT2D eigenvalue weighted by Gasteiger charge is 1.91. The molecular formula is C9H15BN2O. The van der Waals surface area contributed by atoms with Crippen molar-refractivity contribution in [3.63, 3.8) is 0 Å². The molecule has 0 fully saturated rings. The van der Waals surface area contributed by atoms with Crippen LogP contribution in [-0.4, -0.2) is 33.1 Å². The van der Waals surface area contributed by atoms with E-state index >= 15 is 0 Å². The zero-order chi connectivity index (χ0) is 9.52. The summed E-state index contributed by atoms with van der Waals surface area (Å²) in [5.74, 6) is 0. The minimum absolute atomic E-state index is 0.749. The summed E-state index contributed by atoms with van der Waals surface area (Å²) in [7, 11) is 3.69. The molecule has 1 rings (SSSR count). The van der Waals surface area contributed by atoms with E-state index in [4.69, 9.17) is 4.74 Å². The molecule has 13 heavy (non-hydrogen) atoms. The maximum absolute atomic E-state index is 4.92. The molecule has 0 aromatic carbocycles. The standard InChI is InChI=1S/C9H15BN2O/c1-13-5-4-11-6-8-2-3-9(10)12-7-8/h2-3,7,11H,4-6,10H2,1H3. The number of rotatable bonds is 5. The van der Waals surface area contributed by atoms with E-state index in [0.717, 1.165) is 25.3 Å². The number of hydrogen-bond acceptors (Lipinski definition) is 3. The van der Waals surface area contributed by atoms with Crippen LogP contribution in [0.1, 0.15) is 5.56 Å². The fraction of sp³-hybridized carbons (Fsp3) is 0.444. The molecule has 0 radical (unpaired) electrons. The summed E-state index contributed by atoms with van der Waals surface area (Å²) in [6.45, 7) is 2.49. The second kappa shape index (κ2) is 5.72. The van der Waals surface area contributed by atoms with Gasteiger partial charge in [-0.05, 0) is 11.2 Å². The molecule has 1 N–H and O–H groups in total. The predicted molar refractivity (Wildman–Crippen MR) is 56.0 cm³/mol. The molecule has 1 heterocycles. The van der Waals surface area contributed by atoms with E-state index in [0.29, 0.717) is 0 Å². The minimum atomic E-state index is 0.749. The number of ether oxygens (including phenoxy) is 1. The van der Waals surface area contributed by atoms with Gasteiger partial charge in [-0.15, -0.1) is 0 Å². The van der Waals surface area contributed by atoms with Crippen LogP contribution >= 0.6 is 0 Å². The Labute approximate surface area is 79.9 Å². The molecule has 1 aromatic heterocycles. The second-order valence-electron chi connectivity index (χ2n) is 2.98. The first-order valence-corrected chi connectivity index (χ1v) is 4.44. The summed E-state index contributed by atoms with van der Waals surface area (Å²) in [6.07, 6.45) is 1.90. The van der Waals surface area contributed by atoms with Crippen molar-refractivity contribution in [3.05, 3.63) is 23.9 Å². The van der Waals surface area contributed by atoms with Crippen LogP contribution in [0.4, 0.5) is 0 Å². The molecule has 0 unspecified atom stereocenters. The maximum atomic E-state index is 4.92. The highest BCUT2D eigenvalue weighted by molar-refractivity contribution is 6.30. The van der Waals surface area contributed by atoms with Crippen molar-refractivity contribution in [2.24, 2.45) is 0 Å². The van der Waals surface area contributed by atoms with Crippen molar-refractivity contribution in [2.75, 3.05) is 20.3 Å². The van der Waals surface area contributed by atoms with Crippen LogP contribution in [0.5, 0.6) is 0 Å². The van der Waals surface area contributed by atoms with Crippen LogP contribution in [0.25, 0.3) is 0 Å². The molecule has 4 heteroatoms. The first-order valence-electron chi connectivity index (χ1n) is 4.44. The van der Waals surface area contributed by atoms with E-state index < -0.39 is 0 Å². The van der Waals surface area contributed by atoms with Crippen LogP contribution in [0, 0.1) is 0 Å². The zero-order valence-corrected chi connectivity index (χ0v) is 8.21. The molecule has 70 valence electrons. The molecule has 0 amide bonds. The van der Waals surface area contributed by atoms with Gasteiger partial charge in [-0.1, -0.05) is 12.1 Å². The van der Waals surface area contributed by atoms with Crippen LogP contribution in [-0.2, 0) is 11.3 Å². The summed E-state index contributed by atoms with van der Waals surface area (Å²) in [6, 6.07) is 4.11. The Hall–Kier alpha value is -0.865. The third-order valence-electron chi connectivity index (χ3n) is 1.78. The number of hydrogen-bond donors (Lipinski definition) is 1. The number of pyridine rings is 1. The van der Waals surface area contributed by atoms with Gasteiger partial charge < -0.3 is 10.1 Å². The van der Waals surface area contributed by atoms with Crippen molar-refractivity contribution in [3.8, 4) is 0 Å². The maximum Gasteiger partial charge on any atom is 0.163 e. The highest BCUT2D eigenvalue weighted by Crippen LogP contribution is 1.92. The Balaban J connectivity index is 2.25. The first kappa shape index (κ1) is 10.2. The summed E-state index contributed by atoms with van der Waals surface area (Å²) in [4.78, 5) is 4.21. The smallest absolute Gasteiger partial charge is 0.163 e. The number of nitrogens with one attached hydrogen (secondary N) is 1. The van der Waals surface area contributed by atoms with Crippen LogP contribution < -0.4 is 10.9 Å². The lowest BCUT2D eigenvalue weighted by molar-refractivity contribution is 0.199. The lowest BCUT2D eigenvalue weighted by Crippen LogP contribution is -2.19. The summed E-state index contributed by atoms with van der Waals surface area (Å²) < 4.78 is 4.92. The lowest BCUT2D eigenvalue weighted by atomic mass is 10.0. The van der Waals surface area contributed by atoms with E-state index in [1.807, 2.05) is 20.1 Å². The monoisotopic (exact) mass is 178 g/mol. The molecule has 0 aliphatic rings. The predicted octanol–water partition coefficient (Wildman–Crippen LogP) is -0.924. The van der Waals surface area contributed by atoms with Gasteiger partial charge in [0, 0.05) is 26.4 Å². The highest BCUT2D eigenvalue weighted by atomic mass is 16.5. The van der Waals surface area contributed by atoms with Crippen molar-refractivity contribution in [1.29, 1.82) is 0 Å². The molecule has 3 nitrogen and oxygen atoms in total. The zero-order valence-electron chi connectivity index (χ0n) is 8.21. The van der Waals surface area contributed by atoms with Crippen LogP contribution in [0.3, 0.4) is 0 Å². The topological polar surface area (TPSA) is 34.1 Å². The summed E-state index contributed by atoms with van der Waals surface area (Å²) >= 11 is 0. The Morgan fingerprint density at radius 1 is 1.54 bits per heavy atom. The van der Waals surface area contributed by atoms with Crippen molar-refractivity contribution in [1.82, 2.24) is 10.3 Å². The fourth-order valence-electron chi connectivity index (χ4n) is 1.01. The summed E-state index contributed by atoms with van der Waals surface area (Å²) in [5.41, 5.74) is 2.27. The van der Waals surface area contributed by atoms with Crippen molar-refractivity contribution < 1.29 is 4.74 Å². The third-order valence-corrected chi connectivity index (χ3v) is 1.78. The Bertz CT molecular complexity index is 238. The molecule has 0 bridgehead atoms. The van der Waals surface area contributed by atoms with Gasteiger partial charge in [-0.25, -0.2) is 0 Å². The molecule has 0 aliphatic carbocycles. The van der Waals surface area contributed by atoms with E-state index in [1.54, 1.807) is 7.11 Å². The average Bonchev–Trinajstić information content (AvgIpc) is 2.15. The number of nitrogens with zero attached hydrogens (tertiary/aromatic N) is 1. The number of methoxy groups -OCH3 is 1. The Kier molecular flexibility index (Phi) is 4.50. The van der Waals surface area contributed by atoms with Crippen LogP contribution in [0.2, 0.25) is 0 Å². The Morgan fingerprint density at radius 3 is 3.00 bits per heavy atom. The third kappa shape index (κ3) is 4.06. The lowest BCUT2D eigenvalue weighted by Gasteiger charge is -2.03. The normalized spacial score (nSPS) is 10.2. The summed E-state index contributed by atoms with van der Waals surface area (Å²) in [5, 5.41) is 3.26. The average molecular weight is 178 g/mol. The first-order chi connectivity index (χ1) is 6.33. The molecule has 0 aliphatic heterocycles. The largest absolute Gasteiger partial charge is 0.383 e. The van der Waals surface area contributed by atoms with Gasteiger partial charge in [0.15, 0.2) is 7.85 Å².